The van der Waals surface area contributed by atoms with Crippen molar-refractivity contribution < 1.29 is 33.0 Å². The number of halogens is 3. The monoisotopic (exact) mass is 597 g/mol. The number of ether oxygens (including phenoxy) is 1. The van der Waals surface area contributed by atoms with Crippen LogP contribution in [0.1, 0.15) is 62.6 Å². The highest BCUT2D eigenvalue weighted by Gasteiger charge is 2.43. The van der Waals surface area contributed by atoms with Crippen LogP contribution in [0, 0.1) is 11.8 Å². The van der Waals surface area contributed by atoms with Crippen molar-refractivity contribution in [1.29, 1.82) is 0 Å². The maximum atomic E-state index is 14.0. The molecule has 1 aromatic carbocycles. The Kier molecular flexibility index (Phi) is 9.96. The summed E-state index contributed by atoms with van der Waals surface area (Å²) in [6.45, 7) is 2.33. The molecule has 3 unspecified atom stereocenters. The first kappa shape index (κ1) is 30.8. The fourth-order valence-electron chi connectivity index (χ4n) is 6.25. The second kappa shape index (κ2) is 13.2. The van der Waals surface area contributed by atoms with Gasteiger partial charge in [0.05, 0.1) is 23.6 Å². The van der Waals surface area contributed by atoms with E-state index < -0.39 is 42.6 Å². The number of carbonyl (C=O) groups is 3. The summed E-state index contributed by atoms with van der Waals surface area (Å²) in [6.07, 6.45) is 0.970. The van der Waals surface area contributed by atoms with E-state index in [1.807, 2.05) is 0 Å². The van der Waals surface area contributed by atoms with Crippen LogP contribution in [0.2, 0.25) is 5.02 Å². The highest BCUT2D eigenvalue weighted by molar-refractivity contribution is 6.31. The molecule has 1 aliphatic carbocycles. The summed E-state index contributed by atoms with van der Waals surface area (Å²) < 4.78 is 33.4. The van der Waals surface area contributed by atoms with Crippen LogP contribution in [-0.4, -0.2) is 76.9 Å². The Labute approximate surface area is 243 Å². The minimum Gasteiger partial charge on any atom is -0.487 e. The van der Waals surface area contributed by atoms with E-state index >= 15 is 0 Å². The molecule has 41 heavy (non-hydrogen) atoms. The Balaban J connectivity index is 1.73. The summed E-state index contributed by atoms with van der Waals surface area (Å²) >= 11 is 6.61. The number of hydrogen-bond acceptors (Lipinski definition) is 7. The number of allylic oxidation sites excluding steroid dienone is 1. The van der Waals surface area contributed by atoms with E-state index in [1.54, 1.807) is 28.9 Å². The van der Waals surface area contributed by atoms with E-state index in [0.717, 1.165) is 23.4 Å². The van der Waals surface area contributed by atoms with Crippen molar-refractivity contribution in [2.75, 3.05) is 32.8 Å². The zero-order valence-corrected chi connectivity index (χ0v) is 23.9. The second-order valence-electron chi connectivity index (χ2n) is 10.8. The van der Waals surface area contributed by atoms with Crippen molar-refractivity contribution in [2.24, 2.45) is 23.4 Å². The first-order chi connectivity index (χ1) is 19.5. The fraction of sp³-hybridized carbons (Fsp3) is 0.607. The van der Waals surface area contributed by atoms with Gasteiger partial charge in [-0.25, -0.2) is 14.6 Å². The average molecular weight is 598 g/mol. The highest BCUT2D eigenvalue weighted by Crippen LogP contribution is 2.43. The summed E-state index contributed by atoms with van der Waals surface area (Å²) in [7, 11) is 0. The number of nitrogens with two attached hydrogens (primary N) is 2. The van der Waals surface area contributed by atoms with Crippen LogP contribution in [0.5, 0.6) is 5.75 Å². The van der Waals surface area contributed by atoms with Gasteiger partial charge in [-0.05, 0) is 50.3 Å². The highest BCUT2D eigenvalue weighted by atomic mass is 35.5. The lowest BCUT2D eigenvalue weighted by Crippen LogP contribution is -2.50. The van der Waals surface area contributed by atoms with Gasteiger partial charge in [0.1, 0.15) is 18.1 Å². The van der Waals surface area contributed by atoms with Crippen LogP contribution >= 0.6 is 11.6 Å². The topological polar surface area (TPSA) is 142 Å². The molecule has 2 fully saturated rings. The van der Waals surface area contributed by atoms with Gasteiger partial charge in [0.2, 0.25) is 11.8 Å². The molecule has 10 nitrogen and oxygen atoms in total. The fourth-order valence-corrected chi connectivity index (χ4v) is 6.51. The zero-order valence-electron chi connectivity index (χ0n) is 23.2. The number of carbonyl (C=O) groups excluding carboxylic acids is 2. The molecule has 0 aromatic heterocycles. The molecule has 2 heterocycles. The lowest BCUT2D eigenvalue weighted by atomic mass is 9.77. The maximum absolute atomic E-state index is 14.0. The van der Waals surface area contributed by atoms with Crippen LogP contribution in [0.3, 0.4) is 0 Å². The van der Waals surface area contributed by atoms with Gasteiger partial charge in [-0.2, -0.15) is 0 Å². The second-order valence-corrected chi connectivity index (χ2v) is 11.2. The molecular formula is C28H38ClF2N5O5. The molecule has 1 saturated carbocycles. The summed E-state index contributed by atoms with van der Waals surface area (Å²) in [6, 6.07) is 2.58. The third-order valence-corrected chi connectivity index (χ3v) is 8.74. The van der Waals surface area contributed by atoms with E-state index in [0.29, 0.717) is 61.5 Å². The predicted molar refractivity (Wildman–Crippen MR) is 148 cm³/mol. The van der Waals surface area contributed by atoms with Crippen LogP contribution in [0.15, 0.2) is 23.5 Å². The van der Waals surface area contributed by atoms with Gasteiger partial charge in [-0.1, -0.05) is 24.4 Å². The van der Waals surface area contributed by atoms with Gasteiger partial charge < -0.3 is 30.4 Å². The number of carboxylic acid groups (broad SMARTS) is 1. The number of alkyl halides is 2. The molecule has 2 aliphatic heterocycles. The number of hydrazine groups is 1. The number of hydrogen-bond donors (Lipinski definition) is 3. The van der Waals surface area contributed by atoms with E-state index in [9.17, 15) is 28.3 Å². The van der Waals surface area contributed by atoms with Crippen LogP contribution in [0.25, 0.3) is 0 Å². The third kappa shape index (κ3) is 6.53. The van der Waals surface area contributed by atoms with Crippen molar-refractivity contribution in [3.8, 4) is 5.75 Å². The molecule has 1 saturated heterocycles. The summed E-state index contributed by atoms with van der Waals surface area (Å²) in [4.78, 5) is 42.1. The summed E-state index contributed by atoms with van der Waals surface area (Å²) in [5, 5.41) is 11.2. The van der Waals surface area contributed by atoms with Crippen LogP contribution in [0.4, 0.5) is 8.78 Å². The minimum atomic E-state index is -2.91. The number of nitrogens with zero attached hydrogens (tertiary/aromatic N) is 3. The van der Waals surface area contributed by atoms with Crippen molar-refractivity contribution in [3.05, 3.63) is 39.7 Å². The van der Waals surface area contributed by atoms with Gasteiger partial charge in [0.25, 0.3) is 6.43 Å². The molecule has 0 radical (unpaired) electrons. The number of benzene rings is 1. The maximum Gasteiger partial charge on any atom is 0.307 e. The molecule has 226 valence electrons. The normalized spacial score (nSPS) is 23.4. The van der Waals surface area contributed by atoms with E-state index in [-0.39, 0.29) is 30.6 Å². The Bertz CT molecular complexity index is 1200. The molecule has 3 atom stereocenters. The van der Waals surface area contributed by atoms with Gasteiger partial charge in [-0.3, -0.25) is 14.4 Å². The molecule has 0 spiro atoms. The van der Waals surface area contributed by atoms with Crippen molar-refractivity contribution in [1.82, 2.24) is 14.8 Å². The van der Waals surface area contributed by atoms with Gasteiger partial charge in [0, 0.05) is 43.2 Å². The van der Waals surface area contributed by atoms with Gasteiger partial charge in [0.15, 0.2) is 0 Å². The molecule has 0 bridgehead atoms. The standard InChI is InChI=1S/C28H38ClF2N5O5/c1-2-36(33)25(26(30)31)20(32)15-41-22-10-9-19(29)18-11-13-35(21(24(18)22)14-34-12-5-8-23(34)37)27(38)16-6-3-4-7-17(16)28(39)40/h9-10,16-17,21,26H,2-8,11-15,32-33H2,1H3,(H,39,40)/b25-20-. The number of amides is 2. The number of likely N-dealkylation sites (tertiary alicyclic amines) is 1. The number of carboxylic acids is 1. The Hall–Kier alpha value is -3.12. The van der Waals surface area contributed by atoms with E-state index in [1.165, 1.54) is 0 Å². The summed E-state index contributed by atoms with van der Waals surface area (Å²) in [5.41, 5.74) is 6.53. The van der Waals surface area contributed by atoms with Gasteiger partial charge >= 0.3 is 5.97 Å². The van der Waals surface area contributed by atoms with Crippen LogP contribution < -0.4 is 16.3 Å². The first-order valence-electron chi connectivity index (χ1n) is 14.1. The smallest absolute Gasteiger partial charge is 0.307 e. The van der Waals surface area contributed by atoms with E-state index in [2.05, 4.69) is 0 Å². The molecule has 5 N–H and O–H groups in total. The SMILES string of the molecule is CCN(N)/C(=C(\N)COc1ccc(Cl)c2c1C(CN1CCCC1=O)N(C(=O)C1CCCCC1C(=O)O)CC2)C(F)F. The lowest BCUT2D eigenvalue weighted by molar-refractivity contribution is -0.154. The van der Waals surface area contributed by atoms with Crippen molar-refractivity contribution >= 4 is 29.4 Å². The van der Waals surface area contributed by atoms with Crippen molar-refractivity contribution in [3.63, 3.8) is 0 Å². The predicted octanol–water partition coefficient (Wildman–Crippen LogP) is 3.29. The average Bonchev–Trinajstić information content (AvgIpc) is 3.36. The summed E-state index contributed by atoms with van der Waals surface area (Å²) in [5.74, 6) is 3.26. The zero-order chi connectivity index (χ0) is 29.8. The minimum absolute atomic E-state index is 0.0357. The number of fused-ring (bicyclic) bond motifs is 1. The largest absolute Gasteiger partial charge is 0.487 e. The van der Waals surface area contributed by atoms with Crippen molar-refractivity contribution in [2.45, 2.75) is 64.3 Å². The first-order valence-corrected chi connectivity index (χ1v) is 14.5. The van der Waals surface area contributed by atoms with Crippen LogP contribution in [-0.2, 0) is 20.8 Å². The molecule has 4 rings (SSSR count). The molecule has 3 aliphatic rings. The third-order valence-electron chi connectivity index (χ3n) is 8.39. The lowest BCUT2D eigenvalue weighted by Gasteiger charge is -2.43. The molecule has 2 amide bonds. The van der Waals surface area contributed by atoms with Gasteiger partial charge in [-0.15, -0.1) is 0 Å². The Morgan fingerprint density at radius 1 is 1.17 bits per heavy atom. The quantitative estimate of drug-likeness (QED) is 0.275. The Morgan fingerprint density at radius 2 is 1.88 bits per heavy atom. The number of rotatable bonds is 10. The molecule has 13 heteroatoms. The number of aliphatic carboxylic acids is 1. The Morgan fingerprint density at radius 3 is 2.49 bits per heavy atom. The van der Waals surface area contributed by atoms with E-state index in [4.69, 9.17) is 27.9 Å². The molecular weight excluding hydrogens is 560 g/mol. The molecule has 1 aromatic rings.